The molecular formula is C29H26BrN3O4. The van der Waals surface area contributed by atoms with Gasteiger partial charge >= 0.3 is 0 Å². The second kappa shape index (κ2) is 10.2. The van der Waals surface area contributed by atoms with Gasteiger partial charge in [-0.25, -0.2) is 0 Å². The molecule has 5 rings (SSSR count). The Balaban J connectivity index is 1.58. The van der Waals surface area contributed by atoms with Crippen LogP contribution in [0.1, 0.15) is 41.7 Å². The first kappa shape index (κ1) is 24.8. The van der Waals surface area contributed by atoms with Crippen LogP contribution in [-0.2, 0) is 11.3 Å². The van der Waals surface area contributed by atoms with Gasteiger partial charge in [0.2, 0.25) is 5.78 Å². The number of aromatic nitrogens is 1. The van der Waals surface area contributed by atoms with Crippen molar-refractivity contribution in [1.29, 1.82) is 0 Å². The monoisotopic (exact) mass is 559 g/mol. The summed E-state index contributed by atoms with van der Waals surface area (Å²) in [5.41, 5.74) is 2.94. The molecule has 188 valence electrons. The van der Waals surface area contributed by atoms with Crippen LogP contribution in [0.4, 0.5) is 5.69 Å². The number of aliphatic hydroxyl groups is 1. The average molecular weight is 560 g/mol. The number of anilines is 1. The molecule has 0 fully saturated rings. The van der Waals surface area contributed by atoms with Crippen molar-refractivity contribution >= 4 is 44.3 Å². The first-order valence-electron chi connectivity index (χ1n) is 12.1. The lowest BCUT2D eigenvalue weighted by Crippen LogP contribution is -2.31. The molecule has 0 radical (unpaired) electrons. The summed E-state index contributed by atoms with van der Waals surface area (Å²) < 4.78 is 6.69. The first-order valence-corrected chi connectivity index (χ1v) is 12.9. The van der Waals surface area contributed by atoms with Gasteiger partial charge in [0.05, 0.1) is 23.9 Å². The minimum atomic E-state index is -0.798. The summed E-state index contributed by atoms with van der Waals surface area (Å²) in [6, 6.07) is 19.5. The Kier molecular flexibility index (Phi) is 6.84. The zero-order chi connectivity index (χ0) is 26.1. The number of rotatable bonds is 8. The Hall–Kier alpha value is -3.91. The summed E-state index contributed by atoms with van der Waals surface area (Å²) in [5, 5.41) is 11.7. The smallest absolute Gasteiger partial charge is 0.290 e. The highest BCUT2D eigenvalue weighted by Gasteiger charge is 2.44. The zero-order valence-electron chi connectivity index (χ0n) is 20.5. The third kappa shape index (κ3) is 4.64. The second-order valence-electron chi connectivity index (χ2n) is 8.80. The van der Waals surface area contributed by atoms with E-state index in [1.54, 1.807) is 24.4 Å². The van der Waals surface area contributed by atoms with Crippen molar-refractivity contribution in [3.05, 3.63) is 106 Å². The number of carbonyl (C=O) groups excluding carboxylic acids is 2. The van der Waals surface area contributed by atoms with Crippen LogP contribution in [0, 0.1) is 0 Å². The number of nitrogens with zero attached hydrogens (tertiary/aromatic N) is 3. The number of carbonyl (C=O) groups is 2. The number of halogens is 1. The van der Waals surface area contributed by atoms with Gasteiger partial charge in [0.15, 0.2) is 11.5 Å². The molecule has 2 aromatic carbocycles. The van der Waals surface area contributed by atoms with Gasteiger partial charge in [0, 0.05) is 34.8 Å². The lowest BCUT2D eigenvalue weighted by molar-refractivity contribution is -0.130. The lowest BCUT2D eigenvalue weighted by atomic mass is 9.94. The molecule has 0 saturated heterocycles. The Morgan fingerprint density at radius 2 is 1.84 bits per heavy atom. The van der Waals surface area contributed by atoms with Crippen LogP contribution in [0.25, 0.3) is 11.0 Å². The van der Waals surface area contributed by atoms with E-state index in [1.165, 1.54) is 4.90 Å². The minimum absolute atomic E-state index is 0.00496. The van der Waals surface area contributed by atoms with E-state index < -0.39 is 23.5 Å². The summed E-state index contributed by atoms with van der Waals surface area (Å²) in [4.78, 5) is 35.1. The van der Waals surface area contributed by atoms with Crippen LogP contribution in [0.2, 0.25) is 0 Å². The molecule has 1 atom stereocenters. The summed E-state index contributed by atoms with van der Waals surface area (Å²) in [7, 11) is 0. The predicted molar refractivity (Wildman–Crippen MR) is 145 cm³/mol. The highest BCUT2D eigenvalue weighted by molar-refractivity contribution is 9.10. The highest BCUT2D eigenvalue weighted by atomic mass is 79.9. The molecule has 1 amide bonds. The van der Waals surface area contributed by atoms with Gasteiger partial charge in [0.1, 0.15) is 5.58 Å². The number of Topliss-reactive ketones (excluding diaryl/α,β-unsaturated/α-hetero) is 1. The van der Waals surface area contributed by atoms with Crippen molar-refractivity contribution in [2.45, 2.75) is 26.4 Å². The molecule has 1 N–H and O–H groups in total. The molecule has 1 unspecified atom stereocenters. The molecule has 37 heavy (non-hydrogen) atoms. The maximum Gasteiger partial charge on any atom is 0.290 e. The highest BCUT2D eigenvalue weighted by Crippen LogP contribution is 2.41. The van der Waals surface area contributed by atoms with Crippen molar-refractivity contribution in [2.24, 2.45) is 0 Å². The fraction of sp³-hybridized carbons (Fsp3) is 0.207. The first-order chi connectivity index (χ1) is 17.9. The van der Waals surface area contributed by atoms with Crippen molar-refractivity contribution in [1.82, 2.24) is 9.88 Å². The van der Waals surface area contributed by atoms with Gasteiger partial charge in [0.25, 0.3) is 5.91 Å². The van der Waals surface area contributed by atoms with Crippen molar-refractivity contribution < 1.29 is 19.1 Å². The number of benzene rings is 2. The van der Waals surface area contributed by atoms with E-state index in [9.17, 15) is 14.7 Å². The van der Waals surface area contributed by atoms with E-state index in [2.05, 4.69) is 39.7 Å². The summed E-state index contributed by atoms with van der Waals surface area (Å²) in [5.74, 6) is -1.66. The number of hydrogen-bond acceptors (Lipinski definition) is 6. The van der Waals surface area contributed by atoms with E-state index >= 15 is 0 Å². The zero-order valence-corrected chi connectivity index (χ0v) is 22.1. The molecule has 2 aromatic heterocycles. The van der Waals surface area contributed by atoms with E-state index in [4.69, 9.17) is 4.42 Å². The number of ketones is 1. The predicted octanol–water partition coefficient (Wildman–Crippen LogP) is 6.22. The van der Waals surface area contributed by atoms with E-state index in [0.29, 0.717) is 16.8 Å². The third-order valence-corrected chi connectivity index (χ3v) is 7.14. The molecule has 3 heterocycles. The molecule has 1 aliphatic heterocycles. The molecule has 0 bridgehead atoms. The van der Waals surface area contributed by atoms with Crippen molar-refractivity contribution in [2.75, 3.05) is 18.0 Å². The minimum Gasteiger partial charge on any atom is -0.503 e. The number of pyridine rings is 1. The van der Waals surface area contributed by atoms with E-state index in [0.717, 1.165) is 28.6 Å². The largest absolute Gasteiger partial charge is 0.503 e. The Labute approximate surface area is 223 Å². The van der Waals surface area contributed by atoms with Crippen LogP contribution < -0.4 is 4.90 Å². The SMILES string of the molecule is CCN(CC)c1ccc(C2C(C(=O)c3cc4cc(Br)ccc4o3)=C(O)C(=O)N2Cc2ccccn2)cc1. The van der Waals surface area contributed by atoms with E-state index in [1.807, 2.05) is 48.5 Å². The van der Waals surface area contributed by atoms with Gasteiger partial charge in [-0.2, -0.15) is 0 Å². The molecule has 0 saturated carbocycles. The summed E-state index contributed by atoms with van der Waals surface area (Å²) in [6.07, 6.45) is 1.65. The van der Waals surface area contributed by atoms with Crippen molar-refractivity contribution in [3.8, 4) is 0 Å². The van der Waals surface area contributed by atoms with Crippen LogP contribution in [-0.4, -0.2) is 39.8 Å². The fourth-order valence-electron chi connectivity index (χ4n) is 4.78. The Morgan fingerprint density at radius 1 is 1.08 bits per heavy atom. The van der Waals surface area contributed by atoms with Crippen LogP contribution >= 0.6 is 15.9 Å². The Bertz CT molecular complexity index is 1490. The number of fused-ring (bicyclic) bond motifs is 1. The number of aliphatic hydroxyl groups excluding tert-OH is 1. The number of furan rings is 1. The fourth-order valence-corrected chi connectivity index (χ4v) is 5.16. The van der Waals surface area contributed by atoms with Crippen LogP contribution in [0.3, 0.4) is 0 Å². The van der Waals surface area contributed by atoms with Gasteiger partial charge in [-0.3, -0.25) is 14.6 Å². The molecule has 4 aromatic rings. The van der Waals surface area contributed by atoms with Gasteiger partial charge < -0.3 is 19.3 Å². The molecule has 7 nitrogen and oxygen atoms in total. The average Bonchev–Trinajstić information content (AvgIpc) is 3.44. The van der Waals surface area contributed by atoms with Crippen LogP contribution in [0.5, 0.6) is 0 Å². The van der Waals surface area contributed by atoms with Gasteiger partial charge in [-0.15, -0.1) is 0 Å². The third-order valence-electron chi connectivity index (χ3n) is 6.65. The lowest BCUT2D eigenvalue weighted by Gasteiger charge is -2.27. The number of amides is 1. The van der Waals surface area contributed by atoms with Gasteiger partial charge in [-0.05, 0) is 67.9 Å². The quantitative estimate of drug-likeness (QED) is 0.258. The Morgan fingerprint density at radius 3 is 2.51 bits per heavy atom. The molecule has 0 spiro atoms. The molecular weight excluding hydrogens is 534 g/mol. The number of hydrogen-bond donors (Lipinski definition) is 1. The summed E-state index contributed by atoms with van der Waals surface area (Å²) in [6.45, 7) is 6.03. The van der Waals surface area contributed by atoms with Crippen LogP contribution in [0.15, 0.2) is 93.1 Å². The standard InChI is InChI=1S/C29H26BrN3O4/c1-3-32(4-2)22-11-8-18(9-12-22)26-25(27(34)24-16-19-15-20(30)10-13-23(19)37-24)28(35)29(36)33(26)17-21-7-5-6-14-31-21/h5-16,26,35H,3-4,17H2,1-2H3. The second-order valence-corrected chi connectivity index (χ2v) is 9.72. The maximum absolute atomic E-state index is 13.8. The topological polar surface area (TPSA) is 86.9 Å². The van der Waals surface area contributed by atoms with Gasteiger partial charge in [-0.1, -0.05) is 34.1 Å². The normalized spacial score (nSPS) is 15.6. The molecule has 8 heteroatoms. The molecule has 0 aliphatic carbocycles. The van der Waals surface area contributed by atoms with Crippen molar-refractivity contribution in [3.63, 3.8) is 0 Å². The summed E-state index contributed by atoms with van der Waals surface area (Å²) >= 11 is 3.43. The molecule has 1 aliphatic rings. The van der Waals surface area contributed by atoms with E-state index in [-0.39, 0.29) is 17.9 Å². The maximum atomic E-state index is 13.8.